The van der Waals surface area contributed by atoms with Gasteiger partial charge in [-0.2, -0.15) is 5.10 Å². The van der Waals surface area contributed by atoms with E-state index in [0.29, 0.717) is 47.8 Å². The second-order valence-corrected chi connectivity index (χ2v) is 8.49. The average Bonchev–Trinajstić information content (AvgIpc) is 3.63. The molecule has 11 heteroatoms. The molecule has 0 amide bonds. The summed E-state index contributed by atoms with van der Waals surface area (Å²) >= 11 is 0. The monoisotopic (exact) mass is 497 g/mol. The number of aldehydes is 1. The lowest BCUT2D eigenvalue weighted by atomic mass is 10.0. The molecular weight excluding hydrogens is 471 g/mol. The normalized spacial score (nSPS) is 14.7. The van der Waals surface area contributed by atoms with E-state index in [0.717, 1.165) is 17.5 Å². The maximum absolute atomic E-state index is 13.8. The fraction of sp³-hybridized carbons (Fsp3) is 0.320. The van der Waals surface area contributed by atoms with Gasteiger partial charge in [0.05, 0.1) is 11.3 Å². The summed E-state index contributed by atoms with van der Waals surface area (Å²) in [5.41, 5.74) is 7.70. The van der Waals surface area contributed by atoms with Crippen LogP contribution in [0, 0.1) is 18.7 Å². The van der Waals surface area contributed by atoms with Gasteiger partial charge < -0.3 is 11.1 Å². The Labute approximate surface area is 206 Å². The Balaban J connectivity index is 1.72. The number of alkyl halides is 2. The van der Waals surface area contributed by atoms with Crippen LogP contribution in [0.25, 0.3) is 11.5 Å². The summed E-state index contributed by atoms with van der Waals surface area (Å²) in [4.78, 5) is 24.4. The fourth-order valence-corrected chi connectivity index (χ4v) is 3.76. The summed E-state index contributed by atoms with van der Waals surface area (Å²) < 4.78 is 41.9. The van der Waals surface area contributed by atoms with Crippen molar-refractivity contribution < 1.29 is 18.0 Å². The van der Waals surface area contributed by atoms with E-state index in [1.165, 1.54) is 31.5 Å². The smallest absolute Gasteiger partial charge is 0.281 e. The summed E-state index contributed by atoms with van der Waals surface area (Å²) in [6.45, 7) is 4.00. The van der Waals surface area contributed by atoms with Gasteiger partial charge >= 0.3 is 0 Å². The lowest BCUT2D eigenvalue weighted by Crippen LogP contribution is -2.20. The highest BCUT2D eigenvalue weighted by Crippen LogP contribution is 2.30. The number of carbonyl (C=O) groups is 1. The van der Waals surface area contributed by atoms with Crippen molar-refractivity contribution in [2.45, 2.75) is 39.5 Å². The van der Waals surface area contributed by atoms with Crippen molar-refractivity contribution in [3.05, 3.63) is 70.6 Å². The molecule has 3 N–H and O–H groups in total. The first-order chi connectivity index (χ1) is 17.3. The number of benzene rings is 1. The van der Waals surface area contributed by atoms with Crippen LogP contribution in [0.1, 0.15) is 59.9 Å². The standard InChI is InChI=1S/C25H26F3N7O/c1-3-18(22(29)16-6-8-17(26)9-7-16)25(30-11-15-4-5-15)33-20-10-21(32-13-31-20)35-23(24(27)28)19(12-36)14(2)34-35/h6-10,12-13,15,24H,3-5,11,29H2,1-2H3,(H,30,31,32,33). The van der Waals surface area contributed by atoms with Crippen LogP contribution in [0.5, 0.6) is 0 Å². The summed E-state index contributed by atoms with van der Waals surface area (Å²) in [6, 6.07) is 7.30. The minimum atomic E-state index is -2.93. The van der Waals surface area contributed by atoms with Crippen molar-refractivity contribution >= 4 is 23.6 Å². The number of aliphatic imine (C=N–C) groups is 1. The van der Waals surface area contributed by atoms with Crippen molar-refractivity contribution in [1.82, 2.24) is 19.7 Å². The second-order valence-electron chi connectivity index (χ2n) is 8.49. The number of nitrogens with zero attached hydrogens (tertiary/aromatic N) is 5. The molecule has 2 aromatic heterocycles. The molecule has 1 saturated carbocycles. The third-order valence-corrected chi connectivity index (χ3v) is 5.91. The van der Waals surface area contributed by atoms with Crippen LogP contribution in [0.15, 0.2) is 47.2 Å². The number of nitrogens with two attached hydrogens (primary N) is 1. The maximum atomic E-state index is 13.8. The van der Waals surface area contributed by atoms with Gasteiger partial charge in [0.25, 0.3) is 6.43 Å². The van der Waals surface area contributed by atoms with Crippen LogP contribution >= 0.6 is 0 Å². The van der Waals surface area contributed by atoms with Gasteiger partial charge in [-0.05, 0) is 61.9 Å². The van der Waals surface area contributed by atoms with Crippen LogP contribution in [0.4, 0.5) is 19.0 Å². The number of hydrogen-bond acceptors (Lipinski definition) is 6. The number of carbonyl (C=O) groups excluding carboxylic acids is 1. The second kappa shape index (κ2) is 10.7. The Hall–Kier alpha value is -4.02. The summed E-state index contributed by atoms with van der Waals surface area (Å²) in [6.07, 6.45) is 1.36. The van der Waals surface area contributed by atoms with Crippen LogP contribution < -0.4 is 11.1 Å². The van der Waals surface area contributed by atoms with E-state index < -0.39 is 12.1 Å². The van der Waals surface area contributed by atoms with Crippen molar-refractivity contribution in [2.75, 3.05) is 11.9 Å². The van der Waals surface area contributed by atoms with Crippen molar-refractivity contribution in [1.29, 1.82) is 0 Å². The number of rotatable bonds is 9. The van der Waals surface area contributed by atoms with Crippen molar-refractivity contribution in [3.63, 3.8) is 0 Å². The van der Waals surface area contributed by atoms with E-state index in [4.69, 9.17) is 10.7 Å². The molecule has 3 aromatic rings. The zero-order valence-corrected chi connectivity index (χ0v) is 19.9. The number of aryl methyl sites for hydroxylation is 1. The van der Waals surface area contributed by atoms with Crippen LogP contribution in [-0.4, -0.2) is 38.4 Å². The molecule has 1 aliphatic rings. The first-order valence-electron chi connectivity index (χ1n) is 11.5. The third kappa shape index (κ3) is 5.45. The molecule has 0 aliphatic heterocycles. The molecule has 0 bridgehead atoms. The van der Waals surface area contributed by atoms with E-state index in [2.05, 4.69) is 20.4 Å². The first kappa shape index (κ1) is 25.1. The highest BCUT2D eigenvalue weighted by atomic mass is 19.3. The van der Waals surface area contributed by atoms with Gasteiger partial charge in [-0.15, -0.1) is 0 Å². The Morgan fingerprint density at radius 1 is 1.28 bits per heavy atom. The Kier molecular flexibility index (Phi) is 7.47. The van der Waals surface area contributed by atoms with Crippen LogP contribution in [-0.2, 0) is 0 Å². The van der Waals surface area contributed by atoms with Crippen molar-refractivity contribution in [3.8, 4) is 5.82 Å². The van der Waals surface area contributed by atoms with E-state index >= 15 is 0 Å². The highest BCUT2D eigenvalue weighted by molar-refractivity contribution is 6.11. The van der Waals surface area contributed by atoms with E-state index in [-0.39, 0.29) is 28.7 Å². The van der Waals surface area contributed by atoms with Gasteiger partial charge in [0.2, 0.25) is 0 Å². The molecule has 4 rings (SSSR count). The van der Waals surface area contributed by atoms with Crippen molar-refractivity contribution in [2.24, 2.45) is 16.6 Å². The lowest BCUT2D eigenvalue weighted by Gasteiger charge is -2.16. The molecule has 1 aliphatic carbocycles. The molecule has 0 radical (unpaired) electrons. The molecule has 1 aromatic carbocycles. The van der Waals surface area contributed by atoms with Gasteiger partial charge in [0.15, 0.2) is 12.1 Å². The molecule has 0 spiro atoms. The molecule has 0 atom stereocenters. The number of aromatic nitrogens is 4. The summed E-state index contributed by atoms with van der Waals surface area (Å²) in [5.74, 6) is 0.960. The number of nitrogens with one attached hydrogen (secondary N) is 1. The number of hydrogen-bond donors (Lipinski definition) is 2. The fourth-order valence-electron chi connectivity index (χ4n) is 3.76. The van der Waals surface area contributed by atoms with Crippen LogP contribution in [0.2, 0.25) is 0 Å². The quantitative estimate of drug-likeness (QED) is 0.248. The Morgan fingerprint density at radius 3 is 2.61 bits per heavy atom. The van der Waals surface area contributed by atoms with E-state index in [9.17, 15) is 18.0 Å². The molecule has 188 valence electrons. The maximum Gasteiger partial charge on any atom is 0.281 e. The molecule has 2 heterocycles. The minimum Gasteiger partial charge on any atom is -0.398 e. The van der Waals surface area contributed by atoms with Gasteiger partial charge in [-0.25, -0.2) is 27.8 Å². The SMILES string of the molecule is CCC(C(=NCC1CC1)Nc1cc(-n2nc(C)c(C=O)c2C(F)F)ncn1)=C(N)c1ccc(F)cc1. The van der Waals surface area contributed by atoms with Gasteiger partial charge in [0, 0.05) is 23.9 Å². The number of amidine groups is 1. The summed E-state index contributed by atoms with van der Waals surface area (Å²) in [5, 5.41) is 7.24. The highest BCUT2D eigenvalue weighted by Gasteiger charge is 2.25. The molecule has 0 unspecified atom stereocenters. The zero-order chi connectivity index (χ0) is 25.8. The van der Waals surface area contributed by atoms with E-state index in [1.54, 1.807) is 12.1 Å². The zero-order valence-electron chi connectivity index (χ0n) is 19.9. The summed E-state index contributed by atoms with van der Waals surface area (Å²) in [7, 11) is 0. The number of halogens is 3. The Morgan fingerprint density at radius 2 is 2.00 bits per heavy atom. The third-order valence-electron chi connectivity index (χ3n) is 5.91. The molecule has 36 heavy (non-hydrogen) atoms. The largest absolute Gasteiger partial charge is 0.398 e. The minimum absolute atomic E-state index is 0.0640. The molecule has 0 saturated heterocycles. The lowest BCUT2D eigenvalue weighted by molar-refractivity contribution is 0.110. The Bertz CT molecular complexity index is 1310. The van der Waals surface area contributed by atoms with Gasteiger partial charge in [-0.1, -0.05) is 6.92 Å². The van der Waals surface area contributed by atoms with E-state index in [1.807, 2.05) is 6.92 Å². The predicted octanol–water partition coefficient (Wildman–Crippen LogP) is 4.86. The first-order valence-corrected chi connectivity index (χ1v) is 11.5. The molecular formula is C25H26F3N7O. The number of anilines is 1. The van der Waals surface area contributed by atoms with Crippen LogP contribution in [0.3, 0.4) is 0 Å². The molecule has 1 fully saturated rings. The average molecular weight is 498 g/mol. The molecule has 8 nitrogen and oxygen atoms in total. The van der Waals surface area contributed by atoms with Gasteiger partial charge in [0.1, 0.15) is 29.5 Å². The predicted molar refractivity (Wildman–Crippen MR) is 131 cm³/mol. The van der Waals surface area contributed by atoms with Gasteiger partial charge in [-0.3, -0.25) is 9.79 Å². The topological polar surface area (TPSA) is 111 Å².